The Bertz CT molecular complexity index is 768. The number of hydrogen-bond donors (Lipinski definition) is 0. The topological polar surface area (TPSA) is 31.4 Å². The lowest BCUT2D eigenvalue weighted by molar-refractivity contribution is -0.153. The van der Waals surface area contributed by atoms with Gasteiger partial charge in [0.25, 0.3) is 5.92 Å². The van der Waals surface area contributed by atoms with E-state index >= 15 is 0 Å². The summed E-state index contributed by atoms with van der Waals surface area (Å²) in [5, 5.41) is 0. The number of pyridine rings is 1. The van der Waals surface area contributed by atoms with Gasteiger partial charge in [0.05, 0.1) is 12.8 Å². The molecule has 0 fully saturated rings. The van der Waals surface area contributed by atoms with Gasteiger partial charge in [0, 0.05) is 23.3 Å². The van der Waals surface area contributed by atoms with E-state index in [1.165, 1.54) is 31.3 Å². The van der Waals surface area contributed by atoms with Crippen molar-refractivity contribution in [3.8, 4) is 11.5 Å². The van der Waals surface area contributed by atoms with Crippen LogP contribution in [0.15, 0.2) is 42.6 Å². The fraction of sp³-hybridized carbons (Fsp3) is 0.450. The van der Waals surface area contributed by atoms with Crippen LogP contribution in [0.5, 0.6) is 11.5 Å². The maximum Gasteiger partial charge on any atom is 0.422 e. The SMILES string of the molecule is CCC(F)(F)c1cccc(OCCPC(C)c2ccc(OCC(F)(F)F)cn2)c1. The van der Waals surface area contributed by atoms with Gasteiger partial charge in [-0.05, 0) is 30.4 Å². The number of aromatic nitrogens is 1. The molecule has 1 aromatic heterocycles. The van der Waals surface area contributed by atoms with Crippen LogP contribution in [0.25, 0.3) is 0 Å². The van der Waals surface area contributed by atoms with Crippen LogP contribution in [-0.4, -0.2) is 30.5 Å². The Morgan fingerprint density at radius 3 is 2.41 bits per heavy atom. The molecule has 3 nitrogen and oxygen atoms in total. The van der Waals surface area contributed by atoms with Gasteiger partial charge in [0.15, 0.2) is 6.61 Å². The largest absolute Gasteiger partial charge is 0.493 e. The summed E-state index contributed by atoms with van der Waals surface area (Å²) in [6.07, 6.45) is -2.69. The average molecular weight is 435 g/mol. The third-order valence-corrected chi connectivity index (χ3v) is 5.53. The molecule has 2 aromatic rings. The molecule has 0 bridgehead atoms. The lowest BCUT2D eigenvalue weighted by Gasteiger charge is -2.16. The predicted octanol–water partition coefficient (Wildman–Crippen LogP) is 6.34. The van der Waals surface area contributed by atoms with Crippen molar-refractivity contribution in [3.63, 3.8) is 0 Å². The van der Waals surface area contributed by atoms with Gasteiger partial charge in [-0.3, -0.25) is 4.98 Å². The maximum atomic E-state index is 13.8. The van der Waals surface area contributed by atoms with Crippen LogP contribution in [0.4, 0.5) is 22.0 Å². The summed E-state index contributed by atoms with van der Waals surface area (Å²) in [5.74, 6) is -2.41. The van der Waals surface area contributed by atoms with Gasteiger partial charge in [0.2, 0.25) is 0 Å². The Hall–Kier alpha value is -1.95. The highest BCUT2D eigenvalue weighted by Gasteiger charge is 2.29. The average Bonchev–Trinajstić information content (AvgIpc) is 2.69. The minimum Gasteiger partial charge on any atom is -0.493 e. The van der Waals surface area contributed by atoms with Gasteiger partial charge < -0.3 is 9.47 Å². The van der Waals surface area contributed by atoms with Crippen molar-refractivity contribution in [1.29, 1.82) is 0 Å². The zero-order valence-corrected chi connectivity index (χ0v) is 17.1. The summed E-state index contributed by atoms with van der Waals surface area (Å²) in [6.45, 7) is 2.41. The standard InChI is InChI=1S/C20H23F5NO2P/c1-3-19(21,22)15-5-4-6-16(11-15)27-9-10-29-14(2)18-8-7-17(12-26-18)28-13-20(23,24)25/h4-8,11-12,14,29H,3,9-10,13H2,1-2H3. The van der Waals surface area contributed by atoms with Gasteiger partial charge in [-0.1, -0.05) is 26.0 Å². The van der Waals surface area contributed by atoms with Crippen molar-refractivity contribution < 1.29 is 31.4 Å². The van der Waals surface area contributed by atoms with Crippen LogP contribution in [0.1, 0.15) is 37.2 Å². The number of benzene rings is 1. The second-order valence-electron chi connectivity index (χ2n) is 6.43. The van der Waals surface area contributed by atoms with E-state index in [9.17, 15) is 22.0 Å². The van der Waals surface area contributed by atoms with E-state index in [4.69, 9.17) is 4.74 Å². The number of hydrogen-bond acceptors (Lipinski definition) is 3. The highest BCUT2D eigenvalue weighted by atomic mass is 31.1. The number of rotatable bonds is 10. The number of ether oxygens (including phenoxy) is 2. The van der Waals surface area contributed by atoms with Crippen molar-refractivity contribution in [2.75, 3.05) is 19.4 Å². The Kier molecular flexibility index (Phi) is 8.20. The van der Waals surface area contributed by atoms with Crippen LogP contribution in [-0.2, 0) is 5.92 Å². The van der Waals surface area contributed by atoms with E-state index in [2.05, 4.69) is 9.72 Å². The molecular formula is C20H23F5NO2P. The molecule has 0 aliphatic heterocycles. The van der Waals surface area contributed by atoms with Crippen LogP contribution < -0.4 is 9.47 Å². The van der Waals surface area contributed by atoms with Gasteiger partial charge in [-0.2, -0.15) is 13.2 Å². The minimum absolute atomic E-state index is 0.0636. The molecule has 0 aliphatic carbocycles. The van der Waals surface area contributed by atoms with Crippen LogP contribution in [0, 0.1) is 0 Å². The van der Waals surface area contributed by atoms with E-state index in [0.717, 1.165) is 5.69 Å². The first-order valence-electron chi connectivity index (χ1n) is 9.11. The van der Waals surface area contributed by atoms with Crippen LogP contribution in [0.3, 0.4) is 0 Å². The zero-order valence-electron chi connectivity index (χ0n) is 16.1. The monoisotopic (exact) mass is 435 g/mol. The normalized spacial score (nSPS) is 13.6. The van der Waals surface area contributed by atoms with Gasteiger partial charge in [0.1, 0.15) is 11.5 Å². The summed E-state index contributed by atoms with van der Waals surface area (Å²) in [5.41, 5.74) is 0.767. The number of nitrogens with zero attached hydrogens (tertiary/aromatic N) is 1. The Morgan fingerprint density at radius 2 is 1.79 bits per heavy atom. The first-order valence-corrected chi connectivity index (χ1v) is 10.4. The first-order chi connectivity index (χ1) is 13.6. The highest BCUT2D eigenvalue weighted by molar-refractivity contribution is 7.38. The first kappa shape index (κ1) is 23.3. The third-order valence-electron chi connectivity index (χ3n) is 4.13. The highest BCUT2D eigenvalue weighted by Crippen LogP contribution is 2.35. The summed E-state index contributed by atoms with van der Waals surface area (Å²) in [7, 11) is 0.454. The van der Waals surface area contributed by atoms with E-state index in [-0.39, 0.29) is 23.4 Å². The molecule has 2 unspecified atom stereocenters. The molecule has 1 heterocycles. The summed E-state index contributed by atoms with van der Waals surface area (Å²) >= 11 is 0. The zero-order chi connectivity index (χ0) is 21.5. The molecule has 1 aromatic carbocycles. The lowest BCUT2D eigenvalue weighted by Crippen LogP contribution is -2.19. The van der Waals surface area contributed by atoms with E-state index in [0.29, 0.717) is 27.1 Å². The second kappa shape index (κ2) is 10.2. The van der Waals surface area contributed by atoms with Gasteiger partial charge >= 0.3 is 6.18 Å². The van der Waals surface area contributed by atoms with Gasteiger partial charge in [-0.15, -0.1) is 8.58 Å². The molecule has 0 aliphatic rings. The van der Waals surface area contributed by atoms with Crippen molar-refractivity contribution in [3.05, 3.63) is 53.9 Å². The molecule has 0 amide bonds. The number of halogens is 5. The number of alkyl halides is 5. The second-order valence-corrected chi connectivity index (χ2v) is 8.21. The molecule has 2 rings (SSSR count). The van der Waals surface area contributed by atoms with Gasteiger partial charge in [-0.25, -0.2) is 8.78 Å². The fourth-order valence-electron chi connectivity index (χ4n) is 2.46. The molecule has 9 heteroatoms. The van der Waals surface area contributed by atoms with E-state index in [1.807, 2.05) is 6.92 Å². The van der Waals surface area contributed by atoms with Crippen molar-refractivity contribution in [2.24, 2.45) is 0 Å². The maximum absolute atomic E-state index is 13.8. The van der Waals surface area contributed by atoms with E-state index in [1.54, 1.807) is 18.2 Å². The minimum atomic E-state index is -4.39. The molecule has 0 radical (unpaired) electrons. The summed E-state index contributed by atoms with van der Waals surface area (Å²) in [6, 6.07) is 9.03. The Morgan fingerprint density at radius 1 is 1.03 bits per heavy atom. The van der Waals surface area contributed by atoms with Crippen molar-refractivity contribution >= 4 is 8.58 Å². The molecule has 2 atom stereocenters. The summed E-state index contributed by atoms with van der Waals surface area (Å²) < 4.78 is 74.2. The molecule has 0 N–H and O–H groups in total. The fourth-order valence-corrected chi connectivity index (χ4v) is 3.50. The molecular weight excluding hydrogens is 412 g/mol. The van der Waals surface area contributed by atoms with Crippen LogP contribution >= 0.6 is 8.58 Å². The van der Waals surface area contributed by atoms with E-state index < -0.39 is 18.7 Å². The lowest BCUT2D eigenvalue weighted by atomic mass is 10.1. The molecule has 0 saturated heterocycles. The summed E-state index contributed by atoms with van der Waals surface area (Å²) in [4.78, 5) is 4.15. The molecule has 0 spiro atoms. The quantitative estimate of drug-likeness (QED) is 0.248. The molecule has 29 heavy (non-hydrogen) atoms. The Balaban J connectivity index is 1.78. The van der Waals surface area contributed by atoms with Crippen LogP contribution in [0.2, 0.25) is 0 Å². The third kappa shape index (κ3) is 7.77. The van der Waals surface area contributed by atoms with Crippen molar-refractivity contribution in [1.82, 2.24) is 4.98 Å². The smallest absolute Gasteiger partial charge is 0.422 e. The molecule has 160 valence electrons. The van der Waals surface area contributed by atoms with Crippen molar-refractivity contribution in [2.45, 2.75) is 38.0 Å². The predicted molar refractivity (Wildman–Crippen MR) is 104 cm³/mol. The Labute approximate surface area is 168 Å². The molecule has 0 saturated carbocycles.